The first kappa shape index (κ1) is 11.2. The lowest BCUT2D eigenvalue weighted by molar-refractivity contribution is 0.386. The molecule has 3 heteroatoms. The van der Waals surface area contributed by atoms with Crippen LogP contribution < -0.4 is 0 Å². The number of aromatic nitrogens is 1. The Labute approximate surface area is 116 Å². The van der Waals surface area contributed by atoms with Crippen LogP contribution in [0.5, 0.6) is 0 Å². The van der Waals surface area contributed by atoms with E-state index >= 15 is 0 Å². The molecule has 2 heterocycles. The highest BCUT2D eigenvalue weighted by molar-refractivity contribution is 6.16. The molecule has 96 valence electrons. The second kappa shape index (κ2) is 4.46. The molecule has 1 aliphatic rings. The fourth-order valence-corrected chi connectivity index (χ4v) is 2.60. The molecule has 4 rings (SSSR count). The molecule has 0 atom stereocenters. The lowest BCUT2D eigenvalue weighted by atomic mass is 9.95. The Bertz CT molecular complexity index is 788. The van der Waals surface area contributed by atoms with Crippen LogP contribution in [0.4, 0.5) is 0 Å². The average Bonchev–Trinajstić information content (AvgIpc) is 2.92. The van der Waals surface area contributed by atoms with Gasteiger partial charge >= 0.3 is 0 Å². The summed E-state index contributed by atoms with van der Waals surface area (Å²) in [5.41, 5.74) is 5.42. The molecule has 0 saturated carbocycles. The molecule has 0 N–H and O–H groups in total. The lowest BCUT2D eigenvalue weighted by Crippen LogP contribution is -2.04. The fourth-order valence-electron chi connectivity index (χ4n) is 2.60. The lowest BCUT2D eigenvalue weighted by Gasteiger charge is -2.09. The van der Waals surface area contributed by atoms with E-state index in [1.165, 1.54) is 0 Å². The van der Waals surface area contributed by atoms with Gasteiger partial charge in [-0.15, -0.1) is 0 Å². The zero-order valence-corrected chi connectivity index (χ0v) is 10.8. The molecule has 0 aliphatic carbocycles. The molecule has 0 radical (unpaired) electrons. The average molecular weight is 260 g/mol. The Kier molecular flexibility index (Phi) is 2.49. The van der Waals surface area contributed by atoms with Gasteiger partial charge in [0.25, 0.3) is 0 Å². The Morgan fingerprint density at radius 2 is 1.55 bits per heavy atom. The smallest absolute Gasteiger partial charge is 0.165 e. The third kappa shape index (κ3) is 1.67. The van der Waals surface area contributed by atoms with Gasteiger partial charge in [0.2, 0.25) is 0 Å². The van der Waals surface area contributed by atoms with Crippen molar-refractivity contribution in [3.05, 3.63) is 77.7 Å². The van der Waals surface area contributed by atoms with Gasteiger partial charge in [0.15, 0.2) is 5.76 Å². The Balaban J connectivity index is 1.98. The Morgan fingerprint density at radius 3 is 2.40 bits per heavy atom. The highest BCUT2D eigenvalue weighted by Crippen LogP contribution is 2.32. The minimum Gasteiger partial charge on any atom is -0.359 e. The van der Waals surface area contributed by atoms with Crippen LogP contribution in [0.1, 0.15) is 16.9 Å². The maximum atomic E-state index is 5.32. The highest BCUT2D eigenvalue weighted by atomic mass is 16.5. The molecule has 0 spiro atoms. The third-order valence-corrected chi connectivity index (χ3v) is 3.55. The molecule has 1 aromatic heterocycles. The largest absolute Gasteiger partial charge is 0.359 e. The molecule has 0 unspecified atom stereocenters. The molecule has 0 saturated heterocycles. The number of rotatable bonds is 1. The quantitative estimate of drug-likeness (QED) is 0.669. The van der Waals surface area contributed by atoms with Gasteiger partial charge in [-0.05, 0) is 5.56 Å². The minimum absolute atomic E-state index is 0.522. The summed E-state index contributed by atoms with van der Waals surface area (Å²) in [7, 11) is 0. The Hall–Kier alpha value is -2.68. The number of hydrogen-bond acceptors (Lipinski definition) is 3. The van der Waals surface area contributed by atoms with Crippen LogP contribution >= 0.6 is 0 Å². The van der Waals surface area contributed by atoms with Gasteiger partial charge in [-0.2, -0.15) is 0 Å². The Morgan fingerprint density at radius 1 is 0.800 bits per heavy atom. The predicted octanol–water partition coefficient (Wildman–Crippen LogP) is 3.69. The minimum atomic E-state index is 0.522. The van der Waals surface area contributed by atoms with Crippen LogP contribution in [0.2, 0.25) is 0 Å². The van der Waals surface area contributed by atoms with E-state index in [-0.39, 0.29) is 0 Å². The summed E-state index contributed by atoms with van der Waals surface area (Å²) in [6.07, 6.45) is 1.78. The van der Waals surface area contributed by atoms with Crippen molar-refractivity contribution in [2.45, 2.75) is 6.54 Å². The van der Waals surface area contributed by atoms with E-state index < -0.39 is 0 Å². The summed E-state index contributed by atoms with van der Waals surface area (Å²) >= 11 is 0. The predicted molar refractivity (Wildman–Crippen MR) is 77.7 cm³/mol. The molecule has 3 nitrogen and oxygen atoms in total. The van der Waals surface area contributed by atoms with Crippen LogP contribution in [0, 0.1) is 0 Å². The van der Waals surface area contributed by atoms with Crippen LogP contribution in [-0.2, 0) is 6.54 Å². The van der Waals surface area contributed by atoms with Crippen molar-refractivity contribution >= 4 is 5.71 Å². The second-order valence-electron chi connectivity index (χ2n) is 4.74. The van der Waals surface area contributed by atoms with E-state index in [2.05, 4.69) is 29.4 Å². The van der Waals surface area contributed by atoms with Crippen LogP contribution in [-0.4, -0.2) is 10.9 Å². The highest BCUT2D eigenvalue weighted by Gasteiger charge is 2.20. The van der Waals surface area contributed by atoms with E-state index in [0.717, 1.165) is 33.7 Å². The van der Waals surface area contributed by atoms with Gasteiger partial charge < -0.3 is 4.52 Å². The van der Waals surface area contributed by atoms with Crippen molar-refractivity contribution in [1.29, 1.82) is 0 Å². The van der Waals surface area contributed by atoms with E-state index in [0.29, 0.717) is 6.54 Å². The molecule has 0 fully saturated rings. The van der Waals surface area contributed by atoms with Crippen LogP contribution in [0.15, 0.2) is 70.3 Å². The monoisotopic (exact) mass is 260 g/mol. The molecule has 0 bridgehead atoms. The van der Waals surface area contributed by atoms with Crippen molar-refractivity contribution in [1.82, 2.24) is 5.16 Å². The number of nitrogens with zero attached hydrogens (tertiary/aromatic N) is 2. The van der Waals surface area contributed by atoms with Gasteiger partial charge in [0, 0.05) is 16.7 Å². The van der Waals surface area contributed by atoms with Crippen molar-refractivity contribution in [2.24, 2.45) is 4.99 Å². The van der Waals surface area contributed by atoms with Gasteiger partial charge in [0.1, 0.15) is 6.54 Å². The molecule has 20 heavy (non-hydrogen) atoms. The number of hydrogen-bond donors (Lipinski definition) is 0. The van der Waals surface area contributed by atoms with E-state index in [4.69, 9.17) is 9.52 Å². The first-order valence-corrected chi connectivity index (χ1v) is 6.56. The summed E-state index contributed by atoms with van der Waals surface area (Å²) in [6.45, 7) is 0.522. The standard InChI is InChI=1S/C17H12N2O/c1-2-6-12(7-3-1)17-14-9-5-4-8-13(14)15-10-19-20-16(15)11-18-17/h1-10H,11H2. The van der Waals surface area contributed by atoms with E-state index in [1.54, 1.807) is 6.20 Å². The maximum absolute atomic E-state index is 5.32. The SMILES string of the molecule is c1ccc(C2=NCc3oncc3-c3ccccc32)cc1. The number of benzene rings is 2. The first-order valence-electron chi connectivity index (χ1n) is 6.56. The molecule has 3 aromatic rings. The van der Waals surface area contributed by atoms with Gasteiger partial charge in [-0.3, -0.25) is 4.99 Å². The van der Waals surface area contributed by atoms with Gasteiger partial charge in [-0.25, -0.2) is 0 Å². The molecule has 2 aromatic carbocycles. The number of fused-ring (bicyclic) bond motifs is 3. The van der Waals surface area contributed by atoms with Crippen LogP contribution in [0.3, 0.4) is 0 Å². The van der Waals surface area contributed by atoms with E-state index in [1.807, 2.05) is 30.3 Å². The summed E-state index contributed by atoms with van der Waals surface area (Å²) in [6, 6.07) is 18.5. The summed E-state index contributed by atoms with van der Waals surface area (Å²) < 4.78 is 5.32. The van der Waals surface area contributed by atoms with Gasteiger partial charge in [0.05, 0.1) is 11.9 Å². The maximum Gasteiger partial charge on any atom is 0.165 e. The summed E-state index contributed by atoms with van der Waals surface area (Å²) in [5.74, 6) is 0.823. The second-order valence-corrected chi connectivity index (χ2v) is 4.74. The summed E-state index contributed by atoms with van der Waals surface area (Å²) in [5, 5.41) is 3.90. The molecule has 1 aliphatic heterocycles. The molecular formula is C17H12N2O. The van der Waals surface area contributed by atoms with Crippen molar-refractivity contribution in [2.75, 3.05) is 0 Å². The van der Waals surface area contributed by atoms with E-state index in [9.17, 15) is 0 Å². The molecule has 0 amide bonds. The zero-order chi connectivity index (χ0) is 13.4. The fraction of sp³-hybridized carbons (Fsp3) is 0.0588. The molecular weight excluding hydrogens is 248 g/mol. The zero-order valence-electron chi connectivity index (χ0n) is 10.8. The first-order chi connectivity index (χ1) is 9.93. The third-order valence-electron chi connectivity index (χ3n) is 3.55. The van der Waals surface area contributed by atoms with Crippen molar-refractivity contribution in [3.8, 4) is 11.1 Å². The van der Waals surface area contributed by atoms with Crippen molar-refractivity contribution < 1.29 is 4.52 Å². The summed E-state index contributed by atoms with van der Waals surface area (Å²) in [4.78, 5) is 4.73. The van der Waals surface area contributed by atoms with Crippen LogP contribution in [0.25, 0.3) is 11.1 Å². The number of aliphatic imine (C=N–C) groups is 1. The van der Waals surface area contributed by atoms with Gasteiger partial charge in [-0.1, -0.05) is 59.8 Å². The normalized spacial score (nSPS) is 13.1. The van der Waals surface area contributed by atoms with Crippen molar-refractivity contribution in [3.63, 3.8) is 0 Å². The topological polar surface area (TPSA) is 38.4 Å².